The van der Waals surface area contributed by atoms with Crippen molar-refractivity contribution in [2.45, 2.75) is 43.1 Å². The number of non-ortho nitro benzene ring substituents is 1. The first-order valence-corrected chi connectivity index (χ1v) is 12.0. The van der Waals surface area contributed by atoms with E-state index in [1.165, 1.54) is 6.07 Å². The van der Waals surface area contributed by atoms with Gasteiger partial charge in [0.2, 0.25) is 0 Å². The zero-order chi connectivity index (χ0) is 24.0. The third-order valence-corrected chi connectivity index (χ3v) is 6.79. The van der Waals surface area contributed by atoms with Crippen molar-refractivity contribution in [2.24, 2.45) is 0 Å². The summed E-state index contributed by atoms with van der Waals surface area (Å²) in [5.74, 6) is -0.227. The number of hydrogen-bond donors (Lipinski definition) is 2. The van der Waals surface area contributed by atoms with E-state index >= 15 is 0 Å². The van der Waals surface area contributed by atoms with Crippen molar-refractivity contribution in [1.82, 2.24) is 0 Å². The lowest BCUT2D eigenvalue weighted by atomic mass is 9.87. The highest BCUT2D eigenvalue weighted by atomic mass is 32.2. The van der Waals surface area contributed by atoms with Gasteiger partial charge in [-0.1, -0.05) is 13.3 Å². The SMILES string of the molecule is CCCC1CCOC(COCCOS(=O)(=O)c2ccc([N+](=O)[O-])cc2)c2cc(O)c(O)cc21. The number of rotatable bonds is 10. The van der Waals surface area contributed by atoms with Gasteiger partial charge in [-0.05, 0) is 54.2 Å². The van der Waals surface area contributed by atoms with Crippen molar-refractivity contribution in [2.75, 3.05) is 26.4 Å². The molecule has 0 aliphatic carbocycles. The molecule has 2 N–H and O–H groups in total. The standard InChI is InChI=1S/C22H27NO9S/c1-2-3-15-8-9-31-22(19-13-21(25)20(24)12-18(15)19)14-30-10-11-32-33(28,29)17-6-4-16(5-7-17)23(26)27/h4-7,12-13,15,22,24-25H,2-3,8-11,14H2,1H3. The van der Waals surface area contributed by atoms with E-state index in [1.807, 2.05) is 0 Å². The van der Waals surface area contributed by atoms with Crippen LogP contribution in [0.3, 0.4) is 0 Å². The molecule has 0 bridgehead atoms. The van der Waals surface area contributed by atoms with Crippen LogP contribution in [0.15, 0.2) is 41.3 Å². The highest BCUT2D eigenvalue weighted by Crippen LogP contribution is 2.41. The van der Waals surface area contributed by atoms with Gasteiger partial charge < -0.3 is 19.7 Å². The molecule has 0 amide bonds. The molecule has 3 rings (SSSR count). The molecule has 1 heterocycles. The molecular weight excluding hydrogens is 454 g/mol. The predicted molar refractivity (Wildman–Crippen MR) is 118 cm³/mol. The van der Waals surface area contributed by atoms with Crippen LogP contribution in [0.1, 0.15) is 49.3 Å². The second-order valence-corrected chi connectivity index (χ2v) is 9.32. The van der Waals surface area contributed by atoms with Crippen LogP contribution in [0.25, 0.3) is 0 Å². The van der Waals surface area contributed by atoms with Crippen molar-refractivity contribution in [1.29, 1.82) is 0 Å². The summed E-state index contributed by atoms with van der Waals surface area (Å²) in [6.45, 7) is 2.38. The number of ether oxygens (including phenoxy) is 2. The summed E-state index contributed by atoms with van der Waals surface area (Å²) < 4.78 is 40.9. The zero-order valence-electron chi connectivity index (χ0n) is 18.2. The van der Waals surface area contributed by atoms with E-state index in [0.717, 1.165) is 54.7 Å². The first kappa shape index (κ1) is 24.9. The smallest absolute Gasteiger partial charge is 0.297 e. The fraction of sp³-hybridized carbons (Fsp3) is 0.455. The lowest BCUT2D eigenvalue weighted by Crippen LogP contribution is -2.16. The van der Waals surface area contributed by atoms with Gasteiger partial charge in [0.1, 0.15) is 6.10 Å². The van der Waals surface area contributed by atoms with E-state index in [2.05, 4.69) is 6.92 Å². The molecule has 0 saturated heterocycles. The quantitative estimate of drug-likeness (QED) is 0.170. The average molecular weight is 482 g/mol. The number of fused-ring (bicyclic) bond motifs is 1. The molecule has 0 fully saturated rings. The summed E-state index contributed by atoms with van der Waals surface area (Å²) in [6, 6.07) is 7.46. The number of aromatic hydroxyl groups is 2. The number of benzene rings is 2. The fourth-order valence-corrected chi connectivity index (χ4v) is 4.71. The first-order valence-electron chi connectivity index (χ1n) is 10.6. The van der Waals surface area contributed by atoms with Crippen molar-refractivity contribution in [3.8, 4) is 11.5 Å². The summed E-state index contributed by atoms with van der Waals surface area (Å²) in [6.07, 6.45) is 2.17. The Kier molecular flexibility index (Phi) is 8.25. The topological polar surface area (TPSA) is 145 Å². The van der Waals surface area contributed by atoms with Gasteiger partial charge in [-0.15, -0.1) is 0 Å². The average Bonchev–Trinajstić information content (AvgIpc) is 2.93. The van der Waals surface area contributed by atoms with Gasteiger partial charge in [-0.2, -0.15) is 8.42 Å². The van der Waals surface area contributed by atoms with E-state index in [4.69, 9.17) is 13.7 Å². The van der Waals surface area contributed by atoms with Gasteiger partial charge in [0, 0.05) is 18.7 Å². The van der Waals surface area contributed by atoms with Gasteiger partial charge in [0.05, 0.1) is 29.6 Å². The third-order valence-electron chi connectivity index (χ3n) is 5.46. The lowest BCUT2D eigenvalue weighted by Gasteiger charge is -2.21. The minimum atomic E-state index is -4.08. The molecule has 2 aromatic carbocycles. The lowest BCUT2D eigenvalue weighted by molar-refractivity contribution is -0.384. The maximum atomic E-state index is 12.2. The largest absolute Gasteiger partial charge is 0.504 e. The molecule has 0 saturated carbocycles. The Hall–Kier alpha value is -2.73. The molecule has 33 heavy (non-hydrogen) atoms. The Labute approximate surface area is 192 Å². The number of phenolic OH excluding ortho intramolecular Hbond substituents is 2. The fourth-order valence-electron chi connectivity index (χ4n) is 3.82. The molecule has 1 aliphatic heterocycles. The monoisotopic (exact) mass is 481 g/mol. The van der Waals surface area contributed by atoms with Crippen molar-refractivity contribution in [3.63, 3.8) is 0 Å². The van der Waals surface area contributed by atoms with Crippen LogP contribution < -0.4 is 0 Å². The molecule has 1 aliphatic rings. The third kappa shape index (κ3) is 6.20. The van der Waals surface area contributed by atoms with Crippen LogP contribution in [0, 0.1) is 10.1 Å². The van der Waals surface area contributed by atoms with Crippen molar-refractivity contribution in [3.05, 3.63) is 57.6 Å². The molecule has 180 valence electrons. The van der Waals surface area contributed by atoms with E-state index in [-0.39, 0.29) is 47.8 Å². The summed E-state index contributed by atoms with van der Waals surface area (Å²) in [7, 11) is -4.08. The zero-order valence-corrected chi connectivity index (χ0v) is 19.0. The second kappa shape index (κ2) is 10.9. The number of hydrogen-bond acceptors (Lipinski definition) is 9. The Morgan fingerprint density at radius 3 is 2.42 bits per heavy atom. The number of nitro groups is 1. The minimum Gasteiger partial charge on any atom is -0.504 e. The molecule has 2 aromatic rings. The van der Waals surface area contributed by atoms with Gasteiger partial charge in [0.25, 0.3) is 15.8 Å². The van der Waals surface area contributed by atoms with Crippen LogP contribution in [-0.2, 0) is 23.8 Å². The van der Waals surface area contributed by atoms with Crippen LogP contribution in [-0.4, -0.2) is 50.0 Å². The summed E-state index contributed by atoms with van der Waals surface area (Å²) in [5.41, 5.74) is 1.43. The van der Waals surface area contributed by atoms with Crippen LogP contribution in [0.2, 0.25) is 0 Å². The first-order chi connectivity index (χ1) is 15.7. The van der Waals surface area contributed by atoms with E-state index in [9.17, 15) is 28.7 Å². The Bertz CT molecular complexity index is 1070. The minimum absolute atomic E-state index is 0.0378. The van der Waals surface area contributed by atoms with Gasteiger partial charge >= 0.3 is 0 Å². The summed E-state index contributed by atoms with van der Waals surface area (Å²) >= 11 is 0. The Morgan fingerprint density at radius 1 is 1.12 bits per heavy atom. The maximum Gasteiger partial charge on any atom is 0.297 e. The molecule has 10 nitrogen and oxygen atoms in total. The van der Waals surface area contributed by atoms with E-state index in [0.29, 0.717) is 6.61 Å². The summed E-state index contributed by atoms with van der Waals surface area (Å²) in [5, 5.41) is 30.6. The van der Waals surface area contributed by atoms with Crippen LogP contribution >= 0.6 is 0 Å². The molecule has 0 aromatic heterocycles. The number of phenols is 2. The van der Waals surface area contributed by atoms with Crippen LogP contribution in [0.5, 0.6) is 11.5 Å². The number of nitro benzene ring substituents is 1. The highest BCUT2D eigenvalue weighted by Gasteiger charge is 2.27. The number of nitrogens with zero attached hydrogens (tertiary/aromatic N) is 1. The molecule has 0 radical (unpaired) electrons. The molecule has 11 heteroatoms. The molecular formula is C22H27NO9S. The summed E-state index contributed by atoms with van der Waals surface area (Å²) in [4.78, 5) is 9.88. The van der Waals surface area contributed by atoms with Gasteiger partial charge in [-0.3, -0.25) is 14.3 Å². The van der Waals surface area contributed by atoms with E-state index in [1.54, 1.807) is 6.07 Å². The van der Waals surface area contributed by atoms with Gasteiger partial charge in [-0.25, -0.2) is 0 Å². The maximum absolute atomic E-state index is 12.2. The van der Waals surface area contributed by atoms with Crippen molar-refractivity contribution >= 4 is 15.8 Å². The molecule has 2 atom stereocenters. The predicted octanol–water partition coefficient (Wildman–Crippen LogP) is 3.77. The van der Waals surface area contributed by atoms with Crippen molar-refractivity contribution < 1.29 is 37.2 Å². The highest BCUT2D eigenvalue weighted by molar-refractivity contribution is 7.86. The molecule has 2 unspecified atom stereocenters. The normalized spacial score (nSPS) is 18.5. The molecule has 0 spiro atoms. The Balaban J connectivity index is 1.58. The second-order valence-electron chi connectivity index (χ2n) is 7.71. The van der Waals surface area contributed by atoms with Crippen LogP contribution in [0.4, 0.5) is 5.69 Å². The van der Waals surface area contributed by atoms with Gasteiger partial charge in [0.15, 0.2) is 11.5 Å². The Morgan fingerprint density at radius 2 is 1.79 bits per heavy atom. The van der Waals surface area contributed by atoms with E-state index < -0.39 is 21.1 Å².